The molecule has 3 heterocycles. The third-order valence-corrected chi connectivity index (χ3v) is 4.92. The maximum absolute atomic E-state index is 12.8. The predicted octanol–water partition coefficient (Wildman–Crippen LogP) is 3.91. The van der Waals surface area contributed by atoms with E-state index in [4.69, 9.17) is 16.0 Å². The molecule has 6 nitrogen and oxygen atoms in total. The van der Waals surface area contributed by atoms with Gasteiger partial charge in [0.1, 0.15) is 5.01 Å². The van der Waals surface area contributed by atoms with Crippen LogP contribution in [0.1, 0.15) is 0 Å². The second-order valence-corrected chi connectivity index (χ2v) is 6.83. The molecule has 1 fully saturated rings. The molecule has 2 aromatic heterocycles. The van der Waals surface area contributed by atoms with Gasteiger partial charge >= 0.3 is 6.36 Å². The Labute approximate surface area is 154 Å². The molecule has 1 aliphatic heterocycles. The molecule has 1 saturated heterocycles. The zero-order valence-corrected chi connectivity index (χ0v) is 14.7. The van der Waals surface area contributed by atoms with Gasteiger partial charge in [-0.1, -0.05) is 11.6 Å². The van der Waals surface area contributed by atoms with Crippen LogP contribution in [0, 0.1) is 0 Å². The average Bonchev–Trinajstić information content (AvgIpc) is 3.27. The number of halogens is 4. The lowest BCUT2D eigenvalue weighted by molar-refractivity contribution is -0.274. The van der Waals surface area contributed by atoms with Gasteiger partial charge in [-0.05, 0) is 6.07 Å². The van der Waals surface area contributed by atoms with Crippen molar-refractivity contribution in [3.05, 3.63) is 22.7 Å². The Bertz CT molecular complexity index is 923. The van der Waals surface area contributed by atoms with Gasteiger partial charge in [-0.2, -0.15) is 4.98 Å². The van der Waals surface area contributed by atoms with Gasteiger partial charge in [0.05, 0.1) is 10.6 Å². The molecule has 0 atom stereocenters. The molecule has 1 N–H and O–H groups in total. The third kappa shape index (κ3) is 3.31. The molecule has 0 aliphatic carbocycles. The monoisotopic (exact) mass is 404 g/mol. The zero-order valence-electron chi connectivity index (χ0n) is 13.1. The topological polar surface area (TPSA) is 63.4 Å². The first-order valence-corrected chi connectivity index (χ1v) is 8.92. The molecule has 11 heteroatoms. The van der Waals surface area contributed by atoms with E-state index >= 15 is 0 Å². The Kier molecular flexibility index (Phi) is 4.41. The molecule has 0 saturated carbocycles. The Hall–Kier alpha value is -2.04. The molecule has 0 spiro atoms. The molecule has 1 aliphatic rings. The number of nitrogens with zero attached hydrogens (tertiary/aromatic N) is 3. The Morgan fingerprint density at radius 3 is 2.73 bits per heavy atom. The Morgan fingerprint density at radius 2 is 2.08 bits per heavy atom. The van der Waals surface area contributed by atoms with E-state index in [9.17, 15) is 13.2 Å². The smallest absolute Gasteiger partial charge is 0.422 e. The fourth-order valence-electron chi connectivity index (χ4n) is 2.74. The van der Waals surface area contributed by atoms with E-state index in [1.165, 1.54) is 17.4 Å². The van der Waals surface area contributed by atoms with Crippen LogP contribution in [0.25, 0.3) is 21.7 Å². The SMILES string of the molecule is FC(F)(F)Oc1c(Cl)cc(-c2nccs2)c2oc(N3CCNCC3)nc12. The van der Waals surface area contributed by atoms with Crippen LogP contribution in [0.3, 0.4) is 0 Å². The Morgan fingerprint density at radius 1 is 1.31 bits per heavy atom. The fourth-order valence-corrected chi connectivity index (χ4v) is 3.62. The van der Waals surface area contributed by atoms with Crippen molar-refractivity contribution in [1.82, 2.24) is 15.3 Å². The Balaban J connectivity index is 1.90. The first kappa shape index (κ1) is 17.4. The molecule has 0 bridgehead atoms. The summed E-state index contributed by atoms with van der Waals surface area (Å²) in [5.41, 5.74) is 0.564. The highest BCUT2D eigenvalue weighted by Crippen LogP contribution is 2.43. The van der Waals surface area contributed by atoms with Crippen LogP contribution in [0.5, 0.6) is 5.75 Å². The standard InChI is InChI=1S/C15H12ClF3N4O2S/c16-9-7-8(13-21-3-6-26-13)11-10(12(9)25-15(17,18)19)22-14(24-11)23-4-1-20-2-5-23/h3,6-7,20H,1-2,4-5H2. The molecule has 0 unspecified atom stereocenters. The van der Waals surface area contributed by atoms with Crippen molar-refractivity contribution in [3.63, 3.8) is 0 Å². The molecule has 1 aromatic carbocycles. The fraction of sp³-hybridized carbons (Fsp3) is 0.333. The van der Waals surface area contributed by atoms with Crippen molar-refractivity contribution in [1.29, 1.82) is 0 Å². The van der Waals surface area contributed by atoms with Crippen molar-refractivity contribution in [2.45, 2.75) is 6.36 Å². The summed E-state index contributed by atoms with van der Waals surface area (Å²) in [5.74, 6) is -0.570. The van der Waals surface area contributed by atoms with Gasteiger partial charge in [-0.25, -0.2) is 4.98 Å². The number of benzene rings is 1. The highest BCUT2D eigenvalue weighted by Gasteiger charge is 2.35. The van der Waals surface area contributed by atoms with Crippen LogP contribution in [-0.4, -0.2) is 42.5 Å². The maximum atomic E-state index is 12.8. The lowest BCUT2D eigenvalue weighted by Crippen LogP contribution is -2.43. The number of anilines is 1. The number of oxazole rings is 1. The summed E-state index contributed by atoms with van der Waals surface area (Å²) < 4.78 is 48.4. The molecule has 138 valence electrons. The van der Waals surface area contributed by atoms with E-state index in [-0.39, 0.29) is 22.1 Å². The van der Waals surface area contributed by atoms with E-state index in [1.807, 2.05) is 4.90 Å². The molecule has 0 amide bonds. The van der Waals surface area contributed by atoms with Gasteiger partial charge in [0.25, 0.3) is 6.01 Å². The number of hydrogen-bond acceptors (Lipinski definition) is 7. The van der Waals surface area contributed by atoms with Crippen molar-refractivity contribution in [3.8, 4) is 16.3 Å². The van der Waals surface area contributed by atoms with Crippen LogP contribution in [0.15, 0.2) is 22.1 Å². The van der Waals surface area contributed by atoms with E-state index in [2.05, 4.69) is 20.0 Å². The minimum atomic E-state index is -4.90. The number of fused-ring (bicyclic) bond motifs is 1. The molecule has 4 rings (SSSR count). The highest BCUT2D eigenvalue weighted by molar-refractivity contribution is 7.13. The quantitative estimate of drug-likeness (QED) is 0.714. The van der Waals surface area contributed by atoms with E-state index in [1.54, 1.807) is 11.6 Å². The van der Waals surface area contributed by atoms with Crippen LogP contribution in [0.4, 0.5) is 19.2 Å². The summed E-state index contributed by atoms with van der Waals surface area (Å²) in [6.07, 6.45) is -3.30. The average molecular weight is 405 g/mol. The minimum Gasteiger partial charge on any atom is -0.422 e. The van der Waals surface area contributed by atoms with E-state index < -0.39 is 12.1 Å². The molecule has 26 heavy (non-hydrogen) atoms. The highest BCUT2D eigenvalue weighted by atomic mass is 35.5. The molecular formula is C15H12ClF3N4O2S. The molecular weight excluding hydrogens is 393 g/mol. The van der Waals surface area contributed by atoms with Crippen LogP contribution in [0.2, 0.25) is 5.02 Å². The lowest BCUT2D eigenvalue weighted by atomic mass is 10.2. The van der Waals surface area contributed by atoms with Gasteiger partial charge in [-0.15, -0.1) is 24.5 Å². The number of aromatic nitrogens is 2. The summed E-state index contributed by atoms with van der Waals surface area (Å²) in [6.45, 7) is 2.71. The summed E-state index contributed by atoms with van der Waals surface area (Å²) in [4.78, 5) is 10.3. The first-order chi connectivity index (χ1) is 12.4. The summed E-state index contributed by atoms with van der Waals surface area (Å²) in [7, 11) is 0. The maximum Gasteiger partial charge on any atom is 0.573 e. The second-order valence-electron chi connectivity index (χ2n) is 5.53. The second kappa shape index (κ2) is 6.60. The van der Waals surface area contributed by atoms with Crippen LogP contribution >= 0.6 is 22.9 Å². The number of nitrogens with one attached hydrogen (secondary N) is 1. The van der Waals surface area contributed by atoms with Gasteiger partial charge in [0.2, 0.25) is 0 Å². The largest absolute Gasteiger partial charge is 0.573 e. The molecule has 3 aromatic rings. The van der Waals surface area contributed by atoms with Crippen LogP contribution in [-0.2, 0) is 0 Å². The van der Waals surface area contributed by atoms with Gasteiger partial charge < -0.3 is 19.4 Å². The van der Waals surface area contributed by atoms with Crippen molar-refractivity contribution >= 4 is 40.1 Å². The summed E-state index contributed by atoms with van der Waals surface area (Å²) in [6, 6.07) is 1.59. The normalized spacial score (nSPS) is 15.6. The van der Waals surface area contributed by atoms with Gasteiger partial charge in [0, 0.05) is 37.8 Å². The van der Waals surface area contributed by atoms with Gasteiger partial charge in [0.15, 0.2) is 16.8 Å². The van der Waals surface area contributed by atoms with Crippen molar-refractivity contribution < 1.29 is 22.3 Å². The number of rotatable bonds is 3. The third-order valence-electron chi connectivity index (χ3n) is 3.83. The summed E-state index contributed by atoms with van der Waals surface area (Å²) in [5, 5.41) is 5.30. The number of hydrogen-bond donors (Lipinski definition) is 1. The van der Waals surface area contributed by atoms with E-state index in [0.29, 0.717) is 23.7 Å². The van der Waals surface area contributed by atoms with E-state index in [0.717, 1.165) is 13.1 Å². The predicted molar refractivity (Wildman–Crippen MR) is 91.9 cm³/mol. The molecule has 0 radical (unpaired) electrons. The van der Waals surface area contributed by atoms with Crippen molar-refractivity contribution in [2.24, 2.45) is 0 Å². The van der Waals surface area contributed by atoms with Crippen molar-refractivity contribution in [2.75, 3.05) is 31.1 Å². The summed E-state index contributed by atoms with van der Waals surface area (Å²) >= 11 is 7.39. The number of piperazine rings is 1. The van der Waals surface area contributed by atoms with Crippen LogP contribution < -0.4 is 15.0 Å². The number of alkyl halides is 3. The zero-order chi connectivity index (χ0) is 18.3. The lowest BCUT2D eigenvalue weighted by Gasteiger charge is -2.25. The number of ether oxygens (including phenoxy) is 1. The first-order valence-electron chi connectivity index (χ1n) is 7.67. The number of thiazole rings is 1. The minimum absolute atomic E-state index is 0.0754. The van der Waals surface area contributed by atoms with Gasteiger partial charge in [-0.3, -0.25) is 0 Å².